The fourth-order valence-corrected chi connectivity index (χ4v) is 3.37. The van der Waals surface area contributed by atoms with E-state index in [1.165, 1.54) is 6.07 Å². The number of rotatable bonds is 3. The molecule has 0 saturated heterocycles. The molecule has 0 aliphatic rings. The molecule has 0 saturated carbocycles. The van der Waals surface area contributed by atoms with Crippen molar-refractivity contribution in [1.82, 2.24) is 0 Å². The highest BCUT2D eigenvalue weighted by molar-refractivity contribution is 9.10. The van der Waals surface area contributed by atoms with Gasteiger partial charge in [-0.15, -0.1) is 11.3 Å². The maximum absolute atomic E-state index is 13.3. The van der Waals surface area contributed by atoms with E-state index in [0.717, 1.165) is 9.35 Å². The third-order valence-corrected chi connectivity index (χ3v) is 4.54. The zero-order valence-electron chi connectivity index (χ0n) is 8.79. The predicted octanol–water partition coefficient (Wildman–Crippen LogP) is 4.55. The lowest BCUT2D eigenvalue weighted by molar-refractivity contribution is 0.619. The van der Waals surface area contributed by atoms with Crippen molar-refractivity contribution in [2.75, 3.05) is 0 Å². The number of thiophene rings is 1. The minimum Gasteiger partial charge on any atom is -0.324 e. The van der Waals surface area contributed by atoms with Gasteiger partial charge in [0.05, 0.1) is 5.02 Å². The molecule has 0 fully saturated rings. The molecule has 0 bridgehead atoms. The fourth-order valence-electron chi connectivity index (χ4n) is 1.59. The van der Waals surface area contributed by atoms with Gasteiger partial charge in [0.1, 0.15) is 5.82 Å². The van der Waals surface area contributed by atoms with Gasteiger partial charge in [0.25, 0.3) is 0 Å². The van der Waals surface area contributed by atoms with Crippen LogP contribution in [0.1, 0.15) is 16.5 Å². The lowest BCUT2D eigenvalue weighted by atomic mass is 10.0. The highest BCUT2D eigenvalue weighted by atomic mass is 79.9. The van der Waals surface area contributed by atoms with Crippen molar-refractivity contribution < 1.29 is 4.39 Å². The van der Waals surface area contributed by atoms with Crippen LogP contribution < -0.4 is 5.73 Å². The van der Waals surface area contributed by atoms with E-state index >= 15 is 0 Å². The van der Waals surface area contributed by atoms with Gasteiger partial charge in [-0.1, -0.05) is 23.7 Å². The summed E-state index contributed by atoms with van der Waals surface area (Å²) in [7, 11) is 0. The maximum atomic E-state index is 13.3. The van der Waals surface area contributed by atoms with Crippen LogP contribution in [0, 0.1) is 5.82 Å². The lowest BCUT2D eigenvalue weighted by Gasteiger charge is -2.12. The summed E-state index contributed by atoms with van der Waals surface area (Å²) in [6.07, 6.45) is 0.652. The highest BCUT2D eigenvalue weighted by Crippen LogP contribution is 2.29. The van der Waals surface area contributed by atoms with Crippen molar-refractivity contribution >= 4 is 38.9 Å². The molecule has 0 aliphatic heterocycles. The average Bonchev–Trinajstić information content (AvgIpc) is 2.68. The Morgan fingerprint density at radius 1 is 1.47 bits per heavy atom. The molecular formula is C12H10BrClFNS. The Balaban J connectivity index is 2.20. The van der Waals surface area contributed by atoms with Gasteiger partial charge in [0.15, 0.2) is 0 Å². The molecule has 2 rings (SSSR count). The van der Waals surface area contributed by atoms with Crippen LogP contribution >= 0.6 is 38.9 Å². The summed E-state index contributed by atoms with van der Waals surface area (Å²) < 4.78 is 14.3. The molecular weight excluding hydrogens is 325 g/mol. The first-order chi connectivity index (χ1) is 8.08. The SMILES string of the molecule is NC(Cc1cc(Br)cs1)c1cccc(F)c1Cl. The Kier molecular flexibility index (Phi) is 4.20. The maximum Gasteiger partial charge on any atom is 0.142 e. The zero-order chi connectivity index (χ0) is 12.4. The van der Waals surface area contributed by atoms with E-state index in [0.29, 0.717) is 12.0 Å². The second kappa shape index (κ2) is 5.48. The highest BCUT2D eigenvalue weighted by Gasteiger charge is 2.14. The molecule has 0 amide bonds. The van der Waals surface area contributed by atoms with Gasteiger partial charge in [-0.25, -0.2) is 4.39 Å². The number of nitrogens with two attached hydrogens (primary N) is 1. The van der Waals surface area contributed by atoms with Crippen molar-refractivity contribution in [3.8, 4) is 0 Å². The van der Waals surface area contributed by atoms with Crippen LogP contribution in [0.2, 0.25) is 5.02 Å². The van der Waals surface area contributed by atoms with Gasteiger partial charge < -0.3 is 5.73 Å². The van der Waals surface area contributed by atoms with Crippen molar-refractivity contribution in [3.05, 3.63) is 55.4 Å². The van der Waals surface area contributed by atoms with E-state index in [-0.39, 0.29) is 11.1 Å². The third-order valence-electron chi connectivity index (χ3n) is 2.42. The Labute approximate surface area is 117 Å². The van der Waals surface area contributed by atoms with Gasteiger partial charge in [-0.3, -0.25) is 0 Å². The zero-order valence-corrected chi connectivity index (χ0v) is 11.9. The van der Waals surface area contributed by atoms with E-state index in [4.69, 9.17) is 17.3 Å². The van der Waals surface area contributed by atoms with Gasteiger partial charge in [0, 0.05) is 27.2 Å². The van der Waals surface area contributed by atoms with Crippen LogP contribution in [-0.4, -0.2) is 0 Å². The molecule has 0 aliphatic carbocycles. The molecule has 2 aromatic rings. The molecule has 1 heterocycles. The van der Waals surface area contributed by atoms with Crippen molar-refractivity contribution in [2.24, 2.45) is 5.73 Å². The molecule has 0 radical (unpaired) electrons. The smallest absolute Gasteiger partial charge is 0.142 e. The molecule has 1 atom stereocenters. The lowest BCUT2D eigenvalue weighted by Crippen LogP contribution is -2.13. The van der Waals surface area contributed by atoms with Crippen molar-refractivity contribution in [3.63, 3.8) is 0 Å². The molecule has 90 valence electrons. The first-order valence-electron chi connectivity index (χ1n) is 5.00. The minimum atomic E-state index is -0.424. The molecule has 1 aromatic carbocycles. The quantitative estimate of drug-likeness (QED) is 0.876. The Bertz CT molecular complexity index is 529. The van der Waals surface area contributed by atoms with Crippen LogP contribution in [0.3, 0.4) is 0 Å². The minimum absolute atomic E-state index is 0.121. The van der Waals surface area contributed by atoms with E-state index in [1.807, 2.05) is 11.4 Å². The number of hydrogen-bond donors (Lipinski definition) is 1. The summed E-state index contributed by atoms with van der Waals surface area (Å²) in [5.74, 6) is -0.424. The summed E-state index contributed by atoms with van der Waals surface area (Å²) in [5.41, 5.74) is 6.70. The van der Waals surface area contributed by atoms with Crippen LogP contribution in [0.15, 0.2) is 34.1 Å². The van der Waals surface area contributed by atoms with Crippen molar-refractivity contribution in [2.45, 2.75) is 12.5 Å². The van der Waals surface area contributed by atoms with Crippen LogP contribution in [0.4, 0.5) is 4.39 Å². The van der Waals surface area contributed by atoms with E-state index < -0.39 is 5.82 Å². The van der Waals surface area contributed by atoms with E-state index in [2.05, 4.69) is 15.9 Å². The first kappa shape index (κ1) is 13.0. The van der Waals surface area contributed by atoms with Crippen LogP contribution in [0.25, 0.3) is 0 Å². The monoisotopic (exact) mass is 333 g/mol. The van der Waals surface area contributed by atoms with Crippen LogP contribution in [-0.2, 0) is 6.42 Å². The Hall–Kier alpha value is -0.420. The number of benzene rings is 1. The summed E-state index contributed by atoms with van der Waals surface area (Å²) in [5, 5.41) is 2.12. The predicted molar refractivity (Wildman–Crippen MR) is 74.1 cm³/mol. The van der Waals surface area contributed by atoms with Crippen molar-refractivity contribution in [1.29, 1.82) is 0 Å². The Morgan fingerprint density at radius 3 is 2.88 bits per heavy atom. The molecule has 2 N–H and O–H groups in total. The molecule has 17 heavy (non-hydrogen) atoms. The van der Waals surface area contributed by atoms with Gasteiger partial charge in [-0.2, -0.15) is 0 Å². The average molecular weight is 335 g/mol. The summed E-state index contributed by atoms with van der Waals surface area (Å²) >= 11 is 10.9. The van der Waals surface area contributed by atoms with Crippen LogP contribution in [0.5, 0.6) is 0 Å². The molecule has 1 unspecified atom stereocenters. The Morgan fingerprint density at radius 2 is 2.24 bits per heavy atom. The fraction of sp³-hybridized carbons (Fsp3) is 0.167. The van der Waals surface area contributed by atoms with E-state index in [1.54, 1.807) is 23.5 Å². The second-order valence-electron chi connectivity index (χ2n) is 3.68. The van der Waals surface area contributed by atoms with Gasteiger partial charge in [-0.05, 0) is 33.6 Å². The molecule has 0 spiro atoms. The molecule has 1 aromatic heterocycles. The third kappa shape index (κ3) is 3.07. The number of hydrogen-bond acceptors (Lipinski definition) is 2. The van der Waals surface area contributed by atoms with Gasteiger partial charge in [0.2, 0.25) is 0 Å². The van der Waals surface area contributed by atoms with Gasteiger partial charge >= 0.3 is 0 Å². The standard InChI is InChI=1S/C12H10BrClFNS/c13-7-4-8(17-6-7)5-11(16)9-2-1-3-10(15)12(9)14/h1-4,6,11H,5,16H2. The van der Waals surface area contributed by atoms with E-state index in [9.17, 15) is 4.39 Å². The largest absolute Gasteiger partial charge is 0.324 e. The first-order valence-corrected chi connectivity index (χ1v) is 7.05. The summed E-state index contributed by atoms with van der Waals surface area (Å²) in [6, 6.07) is 6.45. The molecule has 5 heteroatoms. The summed E-state index contributed by atoms with van der Waals surface area (Å²) in [4.78, 5) is 1.14. The normalized spacial score (nSPS) is 12.7. The second-order valence-corrected chi connectivity index (χ2v) is 5.97. The topological polar surface area (TPSA) is 26.0 Å². The molecule has 1 nitrogen and oxygen atoms in total. The summed E-state index contributed by atoms with van der Waals surface area (Å²) in [6.45, 7) is 0. The number of halogens is 3.